The summed E-state index contributed by atoms with van der Waals surface area (Å²) in [6, 6.07) is 4.13. The van der Waals surface area contributed by atoms with Crippen LogP contribution in [0.3, 0.4) is 0 Å². The smallest absolute Gasteiger partial charge is 0.155 e. The van der Waals surface area contributed by atoms with Crippen LogP contribution >= 0.6 is 11.8 Å². The molecule has 1 aliphatic rings. The lowest BCUT2D eigenvalue weighted by Gasteiger charge is -2.19. The van der Waals surface area contributed by atoms with E-state index in [-0.39, 0.29) is 0 Å². The lowest BCUT2D eigenvalue weighted by Crippen LogP contribution is -2.13. The highest BCUT2D eigenvalue weighted by Crippen LogP contribution is 2.27. The molecule has 90 valence electrons. The van der Waals surface area contributed by atoms with Gasteiger partial charge in [0.1, 0.15) is 0 Å². The quantitative estimate of drug-likeness (QED) is 0.817. The number of aryl methyl sites for hydroxylation is 1. The highest BCUT2D eigenvalue weighted by Gasteiger charge is 2.16. The Labute approximate surface area is 106 Å². The van der Waals surface area contributed by atoms with Crippen LogP contribution in [0.5, 0.6) is 0 Å². The van der Waals surface area contributed by atoms with Crippen molar-refractivity contribution in [2.45, 2.75) is 37.9 Å². The van der Waals surface area contributed by atoms with Gasteiger partial charge in [0, 0.05) is 17.9 Å². The topological polar surface area (TPSA) is 30.2 Å². The Balaban J connectivity index is 1.80. The summed E-state index contributed by atoms with van der Waals surface area (Å²) in [5.41, 5.74) is 2.19. The lowest BCUT2D eigenvalue weighted by atomic mass is 10.1. The Morgan fingerprint density at radius 1 is 1.41 bits per heavy atom. The van der Waals surface area contributed by atoms with Crippen LogP contribution in [0.4, 0.5) is 0 Å². The first kappa shape index (κ1) is 11.1. The van der Waals surface area contributed by atoms with E-state index in [9.17, 15) is 0 Å². The summed E-state index contributed by atoms with van der Waals surface area (Å²) < 4.78 is 1.90. The van der Waals surface area contributed by atoms with Crippen LogP contribution in [0.15, 0.2) is 18.3 Å². The van der Waals surface area contributed by atoms with E-state index in [4.69, 9.17) is 0 Å². The molecule has 0 bridgehead atoms. The second-order valence-corrected chi connectivity index (χ2v) is 6.14. The second-order valence-electron chi connectivity index (χ2n) is 4.73. The Bertz CT molecular complexity index is 514. The van der Waals surface area contributed by atoms with E-state index in [1.165, 1.54) is 30.6 Å². The van der Waals surface area contributed by atoms with Gasteiger partial charge in [0.15, 0.2) is 11.5 Å². The van der Waals surface area contributed by atoms with E-state index in [2.05, 4.69) is 34.8 Å². The van der Waals surface area contributed by atoms with Crippen molar-refractivity contribution >= 4 is 17.4 Å². The molecule has 1 fully saturated rings. The molecule has 0 aliphatic carbocycles. The Morgan fingerprint density at radius 2 is 2.35 bits per heavy atom. The van der Waals surface area contributed by atoms with E-state index in [1.54, 1.807) is 0 Å². The van der Waals surface area contributed by atoms with Crippen molar-refractivity contribution in [3.63, 3.8) is 0 Å². The summed E-state index contributed by atoms with van der Waals surface area (Å²) in [6.45, 7) is 2.08. The van der Waals surface area contributed by atoms with Gasteiger partial charge >= 0.3 is 0 Å². The molecule has 3 nitrogen and oxygen atoms in total. The maximum Gasteiger partial charge on any atom is 0.155 e. The number of nitrogens with zero attached hydrogens (tertiary/aromatic N) is 3. The van der Waals surface area contributed by atoms with Gasteiger partial charge in [0.05, 0.1) is 0 Å². The molecular formula is C13H17N3S. The molecule has 2 aromatic rings. The molecule has 0 N–H and O–H groups in total. The molecule has 17 heavy (non-hydrogen) atoms. The zero-order valence-electron chi connectivity index (χ0n) is 10.1. The van der Waals surface area contributed by atoms with Crippen LogP contribution in [-0.4, -0.2) is 25.6 Å². The van der Waals surface area contributed by atoms with Crippen LogP contribution in [-0.2, 0) is 6.42 Å². The van der Waals surface area contributed by atoms with Crippen LogP contribution in [0.25, 0.3) is 5.65 Å². The standard InChI is InChI=1S/C13H17N3S/c1-10-5-6-13-14-12(15-16(13)9-10)8-11-4-2-3-7-17-11/h5-6,9,11H,2-4,7-8H2,1H3. The molecule has 3 rings (SSSR count). The largest absolute Gasteiger partial charge is 0.221 e. The predicted octanol–water partition coefficient (Wildman–Crippen LogP) is 2.87. The van der Waals surface area contributed by atoms with Crippen LogP contribution in [0.2, 0.25) is 0 Å². The molecule has 1 aliphatic heterocycles. The van der Waals surface area contributed by atoms with E-state index in [0.29, 0.717) is 0 Å². The summed E-state index contributed by atoms with van der Waals surface area (Å²) in [7, 11) is 0. The molecule has 2 aromatic heterocycles. The summed E-state index contributed by atoms with van der Waals surface area (Å²) in [6.07, 6.45) is 7.12. The number of aromatic nitrogens is 3. The van der Waals surface area contributed by atoms with Crippen LogP contribution in [0.1, 0.15) is 30.7 Å². The van der Waals surface area contributed by atoms with Crippen molar-refractivity contribution in [1.82, 2.24) is 14.6 Å². The Hall–Kier alpha value is -1.03. The van der Waals surface area contributed by atoms with E-state index in [0.717, 1.165) is 23.1 Å². The molecule has 1 saturated heterocycles. The monoisotopic (exact) mass is 247 g/mol. The van der Waals surface area contributed by atoms with Gasteiger partial charge in [0.2, 0.25) is 0 Å². The minimum atomic E-state index is 0.724. The van der Waals surface area contributed by atoms with E-state index >= 15 is 0 Å². The van der Waals surface area contributed by atoms with E-state index < -0.39 is 0 Å². The maximum atomic E-state index is 4.59. The predicted molar refractivity (Wildman–Crippen MR) is 71.5 cm³/mol. The molecule has 0 radical (unpaired) electrons. The van der Waals surface area contributed by atoms with Gasteiger partial charge in [-0.2, -0.15) is 16.9 Å². The van der Waals surface area contributed by atoms with Gasteiger partial charge in [-0.1, -0.05) is 12.5 Å². The molecule has 3 heterocycles. The first-order valence-corrected chi connectivity index (χ1v) is 7.30. The number of fused-ring (bicyclic) bond motifs is 1. The molecule has 1 atom stereocenters. The zero-order valence-corrected chi connectivity index (χ0v) is 10.9. The number of pyridine rings is 1. The zero-order chi connectivity index (χ0) is 11.7. The molecule has 0 amide bonds. The second kappa shape index (κ2) is 4.69. The minimum absolute atomic E-state index is 0.724. The van der Waals surface area contributed by atoms with Gasteiger partial charge < -0.3 is 0 Å². The average molecular weight is 247 g/mol. The SMILES string of the molecule is Cc1ccc2nc(CC3CCCCS3)nn2c1. The van der Waals surface area contributed by atoms with Gasteiger partial charge in [-0.3, -0.25) is 0 Å². The van der Waals surface area contributed by atoms with Crippen LogP contribution in [0, 0.1) is 6.92 Å². The maximum absolute atomic E-state index is 4.59. The third-order valence-corrected chi connectivity index (χ3v) is 4.61. The Morgan fingerprint density at radius 3 is 3.18 bits per heavy atom. The van der Waals surface area contributed by atoms with Crippen molar-refractivity contribution in [3.8, 4) is 0 Å². The summed E-state index contributed by atoms with van der Waals surface area (Å²) >= 11 is 2.08. The summed E-state index contributed by atoms with van der Waals surface area (Å²) in [4.78, 5) is 4.59. The first-order valence-electron chi connectivity index (χ1n) is 6.25. The number of hydrogen-bond donors (Lipinski definition) is 0. The van der Waals surface area contributed by atoms with Crippen molar-refractivity contribution < 1.29 is 0 Å². The van der Waals surface area contributed by atoms with Gasteiger partial charge in [0.25, 0.3) is 0 Å². The Kier molecular flexibility index (Phi) is 3.05. The highest BCUT2D eigenvalue weighted by molar-refractivity contribution is 7.99. The average Bonchev–Trinajstić information content (AvgIpc) is 2.71. The number of hydrogen-bond acceptors (Lipinski definition) is 3. The minimum Gasteiger partial charge on any atom is -0.221 e. The molecule has 0 spiro atoms. The lowest BCUT2D eigenvalue weighted by molar-refractivity contribution is 0.647. The molecule has 1 unspecified atom stereocenters. The summed E-state index contributed by atoms with van der Waals surface area (Å²) in [5.74, 6) is 2.30. The van der Waals surface area contributed by atoms with Gasteiger partial charge in [-0.25, -0.2) is 9.50 Å². The van der Waals surface area contributed by atoms with Gasteiger partial charge in [-0.15, -0.1) is 0 Å². The number of thioether (sulfide) groups is 1. The fraction of sp³-hybridized carbons (Fsp3) is 0.538. The van der Waals surface area contributed by atoms with E-state index in [1.807, 2.05) is 16.8 Å². The normalized spacial score (nSPS) is 20.9. The third-order valence-electron chi connectivity index (χ3n) is 3.21. The van der Waals surface area contributed by atoms with Crippen molar-refractivity contribution in [3.05, 3.63) is 29.7 Å². The molecular weight excluding hydrogens is 230 g/mol. The molecule has 0 aromatic carbocycles. The van der Waals surface area contributed by atoms with Gasteiger partial charge in [-0.05, 0) is 37.1 Å². The number of rotatable bonds is 2. The van der Waals surface area contributed by atoms with Crippen molar-refractivity contribution in [2.75, 3.05) is 5.75 Å². The third kappa shape index (κ3) is 2.46. The summed E-state index contributed by atoms with van der Waals surface area (Å²) in [5, 5.41) is 5.28. The highest BCUT2D eigenvalue weighted by atomic mass is 32.2. The van der Waals surface area contributed by atoms with Crippen molar-refractivity contribution in [1.29, 1.82) is 0 Å². The fourth-order valence-electron chi connectivity index (χ4n) is 2.29. The molecule has 0 saturated carbocycles. The van der Waals surface area contributed by atoms with Crippen LogP contribution < -0.4 is 0 Å². The molecule has 4 heteroatoms. The fourth-order valence-corrected chi connectivity index (χ4v) is 3.59. The van der Waals surface area contributed by atoms with Crippen molar-refractivity contribution in [2.24, 2.45) is 0 Å². The first-order chi connectivity index (χ1) is 8.31.